The smallest absolute Gasteiger partial charge is 0.221 e. The van der Waals surface area contributed by atoms with Gasteiger partial charge in [-0.05, 0) is 25.3 Å². The molecule has 0 bridgehead atoms. The van der Waals surface area contributed by atoms with Crippen LogP contribution in [0.2, 0.25) is 0 Å². The predicted octanol–water partition coefficient (Wildman–Crippen LogP) is 2.96. The van der Waals surface area contributed by atoms with E-state index in [4.69, 9.17) is 11.6 Å². The van der Waals surface area contributed by atoms with Gasteiger partial charge in [-0.2, -0.15) is 0 Å². The number of anilines is 1. The fourth-order valence-electron chi connectivity index (χ4n) is 3.12. The fraction of sp³-hybridized carbons (Fsp3) is 0.353. The molecular formula is C17H17ClN2O3. The van der Waals surface area contributed by atoms with Gasteiger partial charge in [-0.1, -0.05) is 23.7 Å². The lowest BCUT2D eigenvalue weighted by Crippen LogP contribution is -2.36. The Bertz CT molecular complexity index is 733. The van der Waals surface area contributed by atoms with Gasteiger partial charge in [0.1, 0.15) is 10.7 Å². The minimum absolute atomic E-state index is 0.0535. The average molecular weight is 333 g/mol. The molecule has 0 saturated carbocycles. The van der Waals surface area contributed by atoms with Gasteiger partial charge in [-0.3, -0.25) is 14.4 Å². The summed E-state index contributed by atoms with van der Waals surface area (Å²) in [6.07, 6.45) is 3.08. The summed E-state index contributed by atoms with van der Waals surface area (Å²) in [5.74, 6) is -0.967. The van der Waals surface area contributed by atoms with Crippen LogP contribution in [0.15, 0.2) is 28.9 Å². The zero-order valence-corrected chi connectivity index (χ0v) is 13.6. The third-order valence-electron chi connectivity index (χ3n) is 4.14. The summed E-state index contributed by atoms with van der Waals surface area (Å²) in [7, 11) is 0. The lowest BCUT2D eigenvalue weighted by atomic mass is 9.89. The lowest BCUT2D eigenvalue weighted by Gasteiger charge is -2.33. The van der Waals surface area contributed by atoms with Crippen molar-refractivity contribution in [1.82, 2.24) is 4.90 Å². The highest BCUT2D eigenvalue weighted by Crippen LogP contribution is 2.35. The van der Waals surface area contributed by atoms with Gasteiger partial charge in [0.25, 0.3) is 0 Å². The van der Waals surface area contributed by atoms with Gasteiger partial charge in [0.05, 0.1) is 11.3 Å². The van der Waals surface area contributed by atoms with Crippen molar-refractivity contribution in [3.8, 4) is 0 Å². The fourth-order valence-corrected chi connectivity index (χ4v) is 3.42. The van der Waals surface area contributed by atoms with E-state index in [0.717, 1.165) is 32.4 Å². The standard InChI is InChI=1S/C17H17ClN2O3/c1-10(21)19-12-7-5-6-11-13(12)17(23)14(18)15(16(11)22)20-8-3-2-4-9-20/h5-7H,2-4,8-9H2,1H3,(H,19,21). The molecule has 0 atom stereocenters. The molecule has 1 aliphatic carbocycles. The first-order valence-electron chi connectivity index (χ1n) is 7.65. The second-order valence-corrected chi connectivity index (χ2v) is 6.16. The van der Waals surface area contributed by atoms with E-state index in [1.54, 1.807) is 18.2 Å². The summed E-state index contributed by atoms with van der Waals surface area (Å²) in [6.45, 7) is 2.81. The number of ketones is 2. The van der Waals surface area contributed by atoms with Crippen molar-refractivity contribution in [3.63, 3.8) is 0 Å². The highest BCUT2D eigenvalue weighted by atomic mass is 35.5. The molecule has 0 radical (unpaired) electrons. The Hall–Kier alpha value is -2.14. The van der Waals surface area contributed by atoms with Crippen LogP contribution >= 0.6 is 11.6 Å². The number of benzene rings is 1. The van der Waals surface area contributed by atoms with Crippen molar-refractivity contribution in [2.24, 2.45) is 0 Å². The van der Waals surface area contributed by atoms with E-state index >= 15 is 0 Å². The molecule has 1 heterocycles. The molecule has 0 unspecified atom stereocenters. The summed E-state index contributed by atoms with van der Waals surface area (Å²) in [5.41, 5.74) is 1.10. The Morgan fingerprint density at radius 1 is 1.13 bits per heavy atom. The zero-order chi connectivity index (χ0) is 16.6. The Morgan fingerprint density at radius 3 is 2.48 bits per heavy atom. The van der Waals surface area contributed by atoms with Crippen LogP contribution < -0.4 is 5.32 Å². The molecule has 0 spiro atoms. The number of hydrogen-bond acceptors (Lipinski definition) is 4. The van der Waals surface area contributed by atoms with Crippen LogP contribution in [-0.2, 0) is 4.79 Å². The number of amides is 1. The Kier molecular flexibility index (Phi) is 4.22. The van der Waals surface area contributed by atoms with E-state index in [0.29, 0.717) is 16.9 Å². The van der Waals surface area contributed by atoms with Crippen molar-refractivity contribution >= 4 is 34.8 Å². The van der Waals surface area contributed by atoms with Crippen LogP contribution in [0.5, 0.6) is 0 Å². The maximum atomic E-state index is 12.9. The molecule has 1 aromatic carbocycles. The number of hydrogen-bond donors (Lipinski definition) is 1. The van der Waals surface area contributed by atoms with Gasteiger partial charge in [0.15, 0.2) is 0 Å². The molecule has 1 saturated heterocycles. The molecule has 1 N–H and O–H groups in total. The third-order valence-corrected chi connectivity index (χ3v) is 4.49. The second-order valence-electron chi connectivity index (χ2n) is 5.78. The molecule has 6 heteroatoms. The first-order valence-corrected chi connectivity index (χ1v) is 8.03. The topological polar surface area (TPSA) is 66.5 Å². The SMILES string of the molecule is CC(=O)Nc1cccc2c1C(=O)C(Cl)=C(N1CCCCC1)C2=O. The number of fused-ring (bicyclic) bond motifs is 1. The molecule has 0 aromatic heterocycles. The Morgan fingerprint density at radius 2 is 1.83 bits per heavy atom. The molecule has 1 aliphatic heterocycles. The van der Waals surface area contributed by atoms with Gasteiger partial charge < -0.3 is 10.2 Å². The highest BCUT2D eigenvalue weighted by molar-refractivity contribution is 6.50. The number of halogens is 1. The number of nitrogens with one attached hydrogen (secondary N) is 1. The van der Waals surface area contributed by atoms with E-state index in [1.807, 2.05) is 4.90 Å². The molecular weight excluding hydrogens is 316 g/mol. The van der Waals surface area contributed by atoms with E-state index < -0.39 is 5.78 Å². The largest absolute Gasteiger partial charge is 0.367 e. The predicted molar refractivity (Wildman–Crippen MR) is 87.7 cm³/mol. The maximum Gasteiger partial charge on any atom is 0.221 e. The molecule has 120 valence electrons. The molecule has 5 nitrogen and oxygen atoms in total. The first kappa shape index (κ1) is 15.7. The summed E-state index contributed by atoms with van der Waals surface area (Å²) in [6, 6.07) is 4.86. The molecule has 2 aliphatic rings. The minimum Gasteiger partial charge on any atom is -0.367 e. The summed E-state index contributed by atoms with van der Waals surface area (Å²) in [4.78, 5) is 38.8. The van der Waals surface area contributed by atoms with Crippen molar-refractivity contribution in [1.29, 1.82) is 0 Å². The summed E-state index contributed by atoms with van der Waals surface area (Å²) >= 11 is 6.25. The van der Waals surface area contributed by atoms with Gasteiger partial charge in [-0.25, -0.2) is 0 Å². The number of Topliss-reactive ketones (excluding diaryl/α,β-unsaturated/α-hetero) is 2. The van der Waals surface area contributed by atoms with Gasteiger partial charge >= 0.3 is 0 Å². The number of carbonyl (C=O) groups is 3. The first-order chi connectivity index (χ1) is 11.0. The number of rotatable bonds is 2. The summed E-state index contributed by atoms with van der Waals surface area (Å²) < 4.78 is 0. The molecule has 1 aromatic rings. The third kappa shape index (κ3) is 2.77. The van der Waals surface area contributed by atoms with E-state index in [-0.39, 0.29) is 22.3 Å². The van der Waals surface area contributed by atoms with Crippen LogP contribution in [-0.4, -0.2) is 35.5 Å². The van der Waals surface area contributed by atoms with Crippen LogP contribution in [0.4, 0.5) is 5.69 Å². The second kappa shape index (κ2) is 6.16. The van der Waals surface area contributed by atoms with Gasteiger partial charge in [0, 0.05) is 25.6 Å². The van der Waals surface area contributed by atoms with Crippen LogP contribution in [0.3, 0.4) is 0 Å². The van der Waals surface area contributed by atoms with Crippen molar-refractivity contribution in [2.45, 2.75) is 26.2 Å². The van der Waals surface area contributed by atoms with Crippen molar-refractivity contribution < 1.29 is 14.4 Å². The van der Waals surface area contributed by atoms with Crippen LogP contribution in [0.25, 0.3) is 0 Å². The molecule has 3 rings (SSSR count). The number of likely N-dealkylation sites (tertiary alicyclic amines) is 1. The summed E-state index contributed by atoms with van der Waals surface area (Å²) in [5, 5.41) is 2.54. The quantitative estimate of drug-likeness (QED) is 0.904. The normalized spacial score (nSPS) is 18.1. The zero-order valence-electron chi connectivity index (χ0n) is 12.8. The van der Waals surface area contributed by atoms with E-state index in [9.17, 15) is 14.4 Å². The highest BCUT2D eigenvalue weighted by Gasteiger charge is 2.36. The Balaban J connectivity index is 2.08. The molecule has 1 amide bonds. The molecule has 1 fully saturated rings. The lowest BCUT2D eigenvalue weighted by molar-refractivity contribution is -0.114. The van der Waals surface area contributed by atoms with E-state index in [2.05, 4.69) is 5.32 Å². The maximum absolute atomic E-state index is 12.9. The van der Waals surface area contributed by atoms with Crippen molar-refractivity contribution in [2.75, 3.05) is 18.4 Å². The number of piperidine rings is 1. The number of nitrogens with zero attached hydrogens (tertiary/aromatic N) is 1. The van der Waals surface area contributed by atoms with Crippen LogP contribution in [0.1, 0.15) is 46.9 Å². The minimum atomic E-state index is -0.411. The van der Waals surface area contributed by atoms with Crippen molar-refractivity contribution in [3.05, 3.63) is 40.1 Å². The monoisotopic (exact) mass is 332 g/mol. The number of carbonyl (C=O) groups excluding carboxylic acids is 3. The van der Waals surface area contributed by atoms with Gasteiger partial charge in [0.2, 0.25) is 17.5 Å². The Labute approximate surface area is 139 Å². The van der Waals surface area contributed by atoms with Gasteiger partial charge in [-0.15, -0.1) is 0 Å². The number of allylic oxidation sites excluding steroid dienone is 2. The van der Waals surface area contributed by atoms with Crippen LogP contribution in [0, 0.1) is 0 Å². The molecule has 23 heavy (non-hydrogen) atoms. The van der Waals surface area contributed by atoms with E-state index in [1.165, 1.54) is 6.92 Å². The average Bonchev–Trinajstić information content (AvgIpc) is 2.53.